The molecule has 2 aromatic rings. The summed E-state index contributed by atoms with van der Waals surface area (Å²) in [7, 11) is 1.66. The van der Waals surface area contributed by atoms with Gasteiger partial charge in [0.2, 0.25) is 11.8 Å². The molecule has 0 unspecified atom stereocenters. The Kier molecular flexibility index (Phi) is 7.95. The summed E-state index contributed by atoms with van der Waals surface area (Å²) < 4.78 is 18.8. The first kappa shape index (κ1) is 21.4. The summed E-state index contributed by atoms with van der Waals surface area (Å²) in [5, 5.41) is 5.35. The largest absolute Gasteiger partial charge is 0.491 e. The van der Waals surface area contributed by atoms with Crippen molar-refractivity contribution in [3.8, 4) is 5.75 Å². The molecular weight excluding hydrogens is 361 g/mol. The van der Waals surface area contributed by atoms with Gasteiger partial charge in [0.05, 0.1) is 19.6 Å². The van der Waals surface area contributed by atoms with Crippen LogP contribution in [0.5, 0.6) is 5.75 Å². The van der Waals surface area contributed by atoms with Crippen LogP contribution in [0, 0.1) is 19.7 Å². The summed E-state index contributed by atoms with van der Waals surface area (Å²) in [6.07, 6.45) is 0. The molecule has 2 aromatic carbocycles. The van der Waals surface area contributed by atoms with Crippen LogP contribution in [0.1, 0.15) is 11.1 Å². The van der Waals surface area contributed by atoms with E-state index in [0.717, 1.165) is 11.3 Å². The molecule has 0 saturated heterocycles. The average Bonchev–Trinajstić information content (AvgIpc) is 2.59. The lowest BCUT2D eigenvalue weighted by atomic mass is 10.1. The number of anilines is 1. The Morgan fingerprint density at radius 3 is 2.54 bits per heavy atom. The lowest BCUT2D eigenvalue weighted by Gasteiger charge is -2.16. The molecule has 0 radical (unpaired) electrons. The van der Waals surface area contributed by atoms with Crippen molar-refractivity contribution in [3.63, 3.8) is 0 Å². The molecule has 28 heavy (non-hydrogen) atoms. The van der Waals surface area contributed by atoms with Gasteiger partial charge < -0.3 is 15.4 Å². The zero-order chi connectivity index (χ0) is 20.5. The number of nitrogens with one attached hydrogen (secondary N) is 2. The molecular formula is C21H26FN3O3. The molecule has 7 heteroatoms. The Bertz CT molecular complexity index is 826. The zero-order valence-electron chi connectivity index (χ0n) is 16.4. The number of amides is 2. The number of aryl methyl sites for hydroxylation is 2. The van der Waals surface area contributed by atoms with E-state index in [2.05, 4.69) is 10.6 Å². The number of carbonyl (C=O) groups is 2. The number of carbonyl (C=O) groups excluding carboxylic acids is 2. The molecule has 0 spiro atoms. The van der Waals surface area contributed by atoms with E-state index in [-0.39, 0.29) is 24.9 Å². The van der Waals surface area contributed by atoms with Gasteiger partial charge in [-0.3, -0.25) is 14.5 Å². The van der Waals surface area contributed by atoms with E-state index in [0.29, 0.717) is 18.8 Å². The predicted molar refractivity (Wildman–Crippen MR) is 107 cm³/mol. The third kappa shape index (κ3) is 7.36. The van der Waals surface area contributed by atoms with Gasteiger partial charge in [-0.1, -0.05) is 23.8 Å². The van der Waals surface area contributed by atoms with Crippen molar-refractivity contribution in [2.75, 3.05) is 38.6 Å². The number of likely N-dealkylation sites (N-methyl/N-ethyl adjacent to an activating group) is 1. The Hall–Kier alpha value is -2.93. The number of nitrogens with zero attached hydrogens (tertiary/aromatic N) is 1. The highest BCUT2D eigenvalue weighted by Gasteiger charge is 2.11. The van der Waals surface area contributed by atoms with Crippen molar-refractivity contribution in [2.45, 2.75) is 13.8 Å². The summed E-state index contributed by atoms with van der Waals surface area (Å²) in [4.78, 5) is 25.5. The SMILES string of the molecule is Cc1ccc(OCCNC(=O)CN(C)CC(=O)Nc2cccc(F)c2)c(C)c1. The molecule has 0 aliphatic rings. The van der Waals surface area contributed by atoms with E-state index in [1.54, 1.807) is 18.0 Å². The van der Waals surface area contributed by atoms with Crippen LogP contribution < -0.4 is 15.4 Å². The fourth-order valence-electron chi connectivity index (χ4n) is 2.68. The molecule has 150 valence electrons. The highest BCUT2D eigenvalue weighted by Crippen LogP contribution is 2.18. The third-order valence-electron chi connectivity index (χ3n) is 3.95. The van der Waals surface area contributed by atoms with Crippen LogP contribution in [0.25, 0.3) is 0 Å². The number of rotatable bonds is 9. The quantitative estimate of drug-likeness (QED) is 0.649. The van der Waals surface area contributed by atoms with Crippen LogP contribution in [-0.2, 0) is 9.59 Å². The Balaban J connectivity index is 1.65. The molecule has 2 amide bonds. The third-order valence-corrected chi connectivity index (χ3v) is 3.95. The normalized spacial score (nSPS) is 10.6. The van der Waals surface area contributed by atoms with Crippen LogP contribution in [0.15, 0.2) is 42.5 Å². The molecule has 0 bridgehead atoms. The van der Waals surface area contributed by atoms with Gasteiger partial charge in [-0.2, -0.15) is 0 Å². The molecule has 6 nitrogen and oxygen atoms in total. The second-order valence-electron chi connectivity index (χ2n) is 6.70. The van der Waals surface area contributed by atoms with Crippen LogP contribution in [-0.4, -0.2) is 50.0 Å². The Morgan fingerprint density at radius 2 is 1.82 bits per heavy atom. The second-order valence-corrected chi connectivity index (χ2v) is 6.70. The Morgan fingerprint density at radius 1 is 1.07 bits per heavy atom. The molecule has 0 aliphatic carbocycles. The maximum atomic E-state index is 13.1. The van der Waals surface area contributed by atoms with Gasteiger partial charge in [0.1, 0.15) is 18.2 Å². The minimum atomic E-state index is -0.423. The Labute approximate surface area is 164 Å². The van der Waals surface area contributed by atoms with Crippen molar-refractivity contribution in [3.05, 3.63) is 59.4 Å². The van der Waals surface area contributed by atoms with Crippen molar-refractivity contribution in [1.82, 2.24) is 10.2 Å². The monoisotopic (exact) mass is 387 g/mol. The van der Waals surface area contributed by atoms with E-state index in [1.807, 2.05) is 32.0 Å². The van der Waals surface area contributed by atoms with E-state index in [1.165, 1.54) is 23.8 Å². The van der Waals surface area contributed by atoms with Gasteiger partial charge >= 0.3 is 0 Å². The summed E-state index contributed by atoms with van der Waals surface area (Å²) in [5.41, 5.74) is 2.60. The van der Waals surface area contributed by atoms with E-state index in [4.69, 9.17) is 4.74 Å². The highest BCUT2D eigenvalue weighted by atomic mass is 19.1. The van der Waals surface area contributed by atoms with Crippen LogP contribution in [0.4, 0.5) is 10.1 Å². The highest BCUT2D eigenvalue weighted by molar-refractivity contribution is 5.92. The summed E-state index contributed by atoms with van der Waals surface area (Å²) in [6, 6.07) is 11.6. The van der Waals surface area contributed by atoms with Gasteiger partial charge in [-0.05, 0) is 50.7 Å². The number of benzene rings is 2. The van der Waals surface area contributed by atoms with Crippen molar-refractivity contribution < 1.29 is 18.7 Å². The first-order chi connectivity index (χ1) is 13.3. The van der Waals surface area contributed by atoms with Gasteiger partial charge in [0, 0.05) is 5.69 Å². The predicted octanol–water partition coefficient (Wildman–Crippen LogP) is 2.51. The minimum Gasteiger partial charge on any atom is -0.491 e. The molecule has 0 aliphatic heterocycles. The molecule has 0 heterocycles. The molecule has 0 saturated carbocycles. The van der Waals surface area contributed by atoms with Crippen molar-refractivity contribution in [2.24, 2.45) is 0 Å². The fraction of sp³-hybridized carbons (Fsp3) is 0.333. The standard InChI is InChI=1S/C21H26FN3O3/c1-15-7-8-19(16(2)11-15)28-10-9-23-20(26)13-25(3)14-21(27)24-18-6-4-5-17(22)12-18/h4-8,11-12H,9-10,13-14H2,1-3H3,(H,23,26)(H,24,27). The molecule has 0 atom stereocenters. The molecule has 2 rings (SSSR count). The first-order valence-corrected chi connectivity index (χ1v) is 9.04. The van der Waals surface area contributed by atoms with Crippen LogP contribution in [0.3, 0.4) is 0 Å². The molecule has 0 aromatic heterocycles. The number of hydrogen-bond acceptors (Lipinski definition) is 4. The van der Waals surface area contributed by atoms with E-state index in [9.17, 15) is 14.0 Å². The maximum Gasteiger partial charge on any atom is 0.238 e. The minimum absolute atomic E-state index is 0.0169. The second kappa shape index (κ2) is 10.4. The van der Waals surface area contributed by atoms with E-state index < -0.39 is 5.82 Å². The lowest BCUT2D eigenvalue weighted by molar-refractivity contribution is -0.123. The average molecular weight is 387 g/mol. The summed E-state index contributed by atoms with van der Waals surface area (Å²) in [5.74, 6) is -0.149. The van der Waals surface area contributed by atoms with Crippen LogP contribution in [0.2, 0.25) is 0 Å². The summed E-state index contributed by atoms with van der Waals surface area (Å²) in [6.45, 7) is 4.81. The molecule has 2 N–H and O–H groups in total. The molecule has 0 fully saturated rings. The first-order valence-electron chi connectivity index (χ1n) is 9.04. The van der Waals surface area contributed by atoms with E-state index >= 15 is 0 Å². The van der Waals surface area contributed by atoms with Crippen molar-refractivity contribution >= 4 is 17.5 Å². The topological polar surface area (TPSA) is 70.7 Å². The van der Waals surface area contributed by atoms with Gasteiger partial charge in [0.25, 0.3) is 0 Å². The number of ether oxygens (including phenoxy) is 1. The fourth-order valence-corrected chi connectivity index (χ4v) is 2.68. The lowest BCUT2D eigenvalue weighted by Crippen LogP contribution is -2.40. The van der Waals surface area contributed by atoms with Crippen molar-refractivity contribution in [1.29, 1.82) is 0 Å². The maximum absolute atomic E-state index is 13.1. The summed E-state index contributed by atoms with van der Waals surface area (Å²) >= 11 is 0. The van der Waals surface area contributed by atoms with Crippen LogP contribution >= 0.6 is 0 Å². The van der Waals surface area contributed by atoms with Gasteiger partial charge in [0.15, 0.2) is 0 Å². The smallest absolute Gasteiger partial charge is 0.238 e. The zero-order valence-corrected chi connectivity index (χ0v) is 16.4. The number of halogens is 1. The van der Waals surface area contributed by atoms with Gasteiger partial charge in [-0.25, -0.2) is 4.39 Å². The number of hydrogen-bond donors (Lipinski definition) is 2. The van der Waals surface area contributed by atoms with Gasteiger partial charge in [-0.15, -0.1) is 0 Å².